The fourth-order valence-corrected chi connectivity index (χ4v) is 3.63. The minimum Gasteiger partial charge on any atom is -0.508 e. The van der Waals surface area contributed by atoms with Crippen LogP contribution in [0.3, 0.4) is 0 Å². The molecule has 0 bridgehead atoms. The van der Waals surface area contributed by atoms with Crippen LogP contribution in [0.1, 0.15) is 5.56 Å². The number of hydrogen-bond donors (Lipinski definition) is 3. The number of rotatable bonds is 6. The van der Waals surface area contributed by atoms with Crippen LogP contribution in [0, 0.1) is 0 Å². The molecular formula is C25H17Cl2N3O6. The van der Waals surface area contributed by atoms with Gasteiger partial charge in [-0.25, -0.2) is 9.69 Å². The Morgan fingerprint density at radius 3 is 2.36 bits per heavy atom. The molecule has 0 atom stereocenters. The van der Waals surface area contributed by atoms with Crippen LogP contribution in [-0.4, -0.2) is 35.5 Å². The SMILES string of the molecule is O=C(COc1ccc(/C=C2\C(=O)NC(=O)N(c3ccc(O)cc3)C2=O)cc1Cl)Nc1ccc(Cl)cc1. The van der Waals surface area contributed by atoms with Gasteiger partial charge in [-0.1, -0.05) is 29.3 Å². The highest BCUT2D eigenvalue weighted by Gasteiger charge is 2.36. The topological polar surface area (TPSA) is 125 Å². The van der Waals surface area contributed by atoms with E-state index in [4.69, 9.17) is 27.9 Å². The number of nitrogens with zero attached hydrogens (tertiary/aromatic N) is 1. The molecule has 3 aromatic carbocycles. The van der Waals surface area contributed by atoms with Gasteiger partial charge in [0.25, 0.3) is 17.7 Å². The molecular weight excluding hydrogens is 509 g/mol. The summed E-state index contributed by atoms with van der Waals surface area (Å²) in [6.07, 6.45) is 1.28. The maximum Gasteiger partial charge on any atom is 0.335 e. The standard InChI is InChI=1S/C25H17Cl2N3O6/c26-15-2-4-16(5-3-15)28-22(32)13-36-21-10-1-14(12-20(21)27)11-19-23(33)29-25(35)30(24(19)34)17-6-8-18(31)9-7-17/h1-12,31H,13H2,(H,28,32)(H,29,33,35)/b19-11+. The lowest BCUT2D eigenvalue weighted by Crippen LogP contribution is -2.54. The largest absolute Gasteiger partial charge is 0.508 e. The molecule has 1 fully saturated rings. The minimum atomic E-state index is -0.911. The zero-order valence-electron chi connectivity index (χ0n) is 18.3. The molecule has 0 saturated carbocycles. The Bertz CT molecular complexity index is 1390. The van der Waals surface area contributed by atoms with E-state index in [1.807, 2.05) is 0 Å². The lowest BCUT2D eigenvalue weighted by atomic mass is 10.1. The molecule has 9 nitrogen and oxygen atoms in total. The number of anilines is 2. The monoisotopic (exact) mass is 525 g/mol. The van der Waals surface area contributed by atoms with Crippen LogP contribution in [0.5, 0.6) is 11.5 Å². The molecule has 1 aliphatic heterocycles. The summed E-state index contributed by atoms with van der Waals surface area (Å²) in [5.74, 6) is -1.96. The second kappa shape index (κ2) is 10.5. The summed E-state index contributed by atoms with van der Waals surface area (Å²) in [6, 6.07) is 15.5. The van der Waals surface area contributed by atoms with Gasteiger partial charge < -0.3 is 15.2 Å². The molecule has 0 radical (unpaired) electrons. The number of phenols is 1. The summed E-state index contributed by atoms with van der Waals surface area (Å²) in [6.45, 7) is -0.312. The third-order valence-electron chi connectivity index (χ3n) is 4.96. The van der Waals surface area contributed by atoms with Crippen molar-refractivity contribution in [3.8, 4) is 11.5 Å². The quantitative estimate of drug-likeness (QED) is 0.324. The van der Waals surface area contributed by atoms with E-state index in [0.717, 1.165) is 4.90 Å². The van der Waals surface area contributed by atoms with Gasteiger partial charge in [0.1, 0.15) is 17.1 Å². The number of halogens is 2. The molecule has 1 aliphatic rings. The van der Waals surface area contributed by atoms with Gasteiger partial charge in [0, 0.05) is 10.7 Å². The molecule has 0 spiro atoms. The number of imide groups is 2. The first-order chi connectivity index (χ1) is 17.2. The van der Waals surface area contributed by atoms with Crippen molar-refractivity contribution in [2.24, 2.45) is 0 Å². The number of urea groups is 1. The van der Waals surface area contributed by atoms with E-state index >= 15 is 0 Å². The highest BCUT2D eigenvalue weighted by atomic mass is 35.5. The second-order valence-electron chi connectivity index (χ2n) is 7.51. The van der Waals surface area contributed by atoms with Gasteiger partial charge in [-0.3, -0.25) is 19.7 Å². The maximum absolute atomic E-state index is 12.9. The number of nitrogens with one attached hydrogen (secondary N) is 2. The Balaban J connectivity index is 1.47. The number of phenolic OH excluding ortho intramolecular Hbond substituents is 1. The molecule has 0 aromatic heterocycles. The van der Waals surface area contributed by atoms with E-state index in [1.165, 1.54) is 48.5 Å². The fourth-order valence-electron chi connectivity index (χ4n) is 3.26. The molecule has 36 heavy (non-hydrogen) atoms. The van der Waals surface area contributed by atoms with Crippen LogP contribution in [0.2, 0.25) is 10.0 Å². The van der Waals surface area contributed by atoms with Crippen molar-refractivity contribution in [3.63, 3.8) is 0 Å². The van der Waals surface area contributed by atoms with Gasteiger partial charge in [-0.05, 0) is 72.3 Å². The van der Waals surface area contributed by atoms with Gasteiger partial charge in [0.05, 0.1) is 10.7 Å². The first-order valence-electron chi connectivity index (χ1n) is 10.4. The van der Waals surface area contributed by atoms with Crippen LogP contribution < -0.4 is 20.3 Å². The first kappa shape index (κ1) is 24.8. The molecule has 1 heterocycles. The summed E-state index contributed by atoms with van der Waals surface area (Å²) in [5.41, 5.74) is 0.815. The predicted octanol–water partition coefficient (Wildman–Crippen LogP) is 4.38. The van der Waals surface area contributed by atoms with Gasteiger partial charge >= 0.3 is 6.03 Å². The van der Waals surface area contributed by atoms with Crippen molar-refractivity contribution in [1.82, 2.24) is 5.32 Å². The Morgan fingerprint density at radius 1 is 1.00 bits per heavy atom. The van der Waals surface area contributed by atoms with Gasteiger partial charge in [0.2, 0.25) is 0 Å². The Hall–Kier alpha value is -4.34. The number of benzene rings is 3. The van der Waals surface area contributed by atoms with Crippen LogP contribution >= 0.6 is 23.2 Å². The van der Waals surface area contributed by atoms with Gasteiger partial charge in [-0.15, -0.1) is 0 Å². The van der Waals surface area contributed by atoms with Crippen molar-refractivity contribution in [1.29, 1.82) is 0 Å². The number of carbonyl (C=O) groups excluding carboxylic acids is 4. The third-order valence-corrected chi connectivity index (χ3v) is 5.51. The smallest absolute Gasteiger partial charge is 0.335 e. The van der Waals surface area contributed by atoms with E-state index in [2.05, 4.69) is 10.6 Å². The molecule has 3 aromatic rings. The number of aromatic hydroxyl groups is 1. The van der Waals surface area contributed by atoms with E-state index in [0.29, 0.717) is 16.3 Å². The van der Waals surface area contributed by atoms with E-state index in [-0.39, 0.29) is 34.4 Å². The van der Waals surface area contributed by atoms with Crippen molar-refractivity contribution in [2.75, 3.05) is 16.8 Å². The van der Waals surface area contributed by atoms with Crippen molar-refractivity contribution in [3.05, 3.63) is 87.9 Å². The summed E-state index contributed by atoms with van der Waals surface area (Å²) in [7, 11) is 0. The molecule has 182 valence electrons. The maximum atomic E-state index is 12.9. The lowest BCUT2D eigenvalue weighted by Gasteiger charge is -2.26. The summed E-state index contributed by atoms with van der Waals surface area (Å²) < 4.78 is 5.47. The Morgan fingerprint density at radius 2 is 1.69 bits per heavy atom. The average Bonchev–Trinajstić information content (AvgIpc) is 2.84. The molecule has 5 amide bonds. The summed E-state index contributed by atoms with van der Waals surface area (Å²) in [4.78, 5) is 50.5. The molecule has 1 saturated heterocycles. The third kappa shape index (κ3) is 5.65. The molecule has 0 aliphatic carbocycles. The zero-order chi connectivity index (χ0) is 25.8. The van der Waals surface area contributed by atoms with E-state index in [9.17, 15) is 24.3 Å². The first-order valence-corrected chi connectivity index (χ1v) is 11.1. The predicted molar refractivity (Wildman–Crippen MR) is 134 cm³/mol. The van der Waals surface area contributed by atoms with Crippen LogP contribution in [0.25, 0.3) is 6.08 Å². The van der Waals surface area contributed by atoms with Crippen molar-refractivity contribution >= 4 is 64.4 Å². The zero-order valence-corrected chi connectivity index (χ0v) is 19.8. The average molecular weight is 526 g/mol. The number of barbiturate groups is 1. The van der Waals surface area contributed by atoms with Gasteiger partial charge in [-0.2, -0.15) is 0 Å². The highest BCUT2D eigenvalue weighted by molar-refractivity contribution is 6.39. The fraction of sp³-hybridized carbons (Fsp3) is 0.0400. The Labute approximate surface area is 214 Å². The minimum absolute atomic E-state index is 0.0464. The number of hydrogen-bond acceptors (Lipinski definition) is 6. The Kier molecular flexibility index (Phi) is 7.23. The van der Waals surface area contributed by atoms with E-state index < -0.39 is 23.8 Å². The summed E-state index contributed by atoms with van der Waals surface area (Å²) >= 11 is 12.1. The van der Waals surface area contributed by atoms with Crippen molar-refractivity contribution < 1.29 is 29.0 Å². The van der Waals surface area contributed by atoms with Gasteiger partial charge in [0.15, 0.2) is 6.61 Å². The molecule has 3 N–H and O–H groups in total. The lowest BCUT2D eigenvalue weighted by molar-refractivity contribution is -0.122. The molecule has 4 rings (SSSR count). The van der Waals surface area contributed by atoms with E-state index in [1.54, 1.807) is 24.3 Å². The van der Waals surface area contributed by atoms with Crippen molar-refractivity contribution in [2.45, 2.75) is 0 Å². The number of amides is 5. The number of carbonyl (C=O) groups is 4. The van der Waals surface area contributed by atoms with Crippen LogP contribution in [0.15, 0.2) is 72.3 Å². The normalized spacial score (nSPS) is 14.6. The van der Waals surface area contributed by atoms with Crippen LogP contribution in [-0.2, 0) is 14.4 Å². The number of ether oxygens (including phenoxy) is 1. The highest BCUT2D eigenvalue weighted by Crippen LogP contribution is 2.28. The molecule has 0 unspecified atom stereocenters. The van der Waals surface area contributed by atoms with Crippen LogP contribution in [0.4, 0.5) is 16.2 Å². The summed E-state index contributed by atoms with van der Waals surface area (Å²) in [5, 5.41) is 14.9. The second-order valence-corrected chi connectivity index (χ2v) is 8.35. The molecule has 11 heteroatoms.